The van der Waals surface area contributed by atoms with E-state index in [1.165, 1.54) is 40.6 Å². The lowest BCUT2D eigenvalue weighted by Gasteiger charge is -2.01. The van der Waals surface area contributed by atoms with Crippen molar-refractivity contribution in [1.29, 1.82) is 0 Å². The van der Waals surface area contributed by atoms with Gasteiger partial charge in [0.1, 0.15) is 5.82 Å². The summed E-state index contributed by atoms with van der Waals surface area (Å²) < 4.78 is 14.2. The topological polar surface area (TPSA) is 67.8 Å². The maximum absolute atomic E-state index is 12.7. The Hall–Kier alpha value is -1.89. The average Bonchev–Trinajstić information content (AvgIpc) is 2.76. The molecule has 20 heavy (non-hydrogen) atoms. The number of benzene rings is 1. The molecule has 1 heterocycles. The number of aromatic nitrogens is 3. The standard InChI is InChI=1S/C13H14FN3O2S/c1-17-12(19)15-16-13(17)20-8-2-3-11(18)9-4-6-10(14)7-5-9/h4-7H,2-3,8H2,1H3,(H,15,19). The Kier molecular flexibility index (Phi) is 4.73. The van der Waals surface area contributed by atoms with E-state index in [4.69, 9.17) is 0 Å². The second-order valence-corrected chi connectivity index (χ2v) is 5.31. The third kappa shape index (κ3) is 3.57. The lowest BCUT2D eigenvalue weighted by Crippen LogP contribution is -2.12. The lowest BCUT2D eigenvalue weighted by molar-refractivity contribution is 0.0982. The molecule has 0 radical (unpaired) electrons. The number of rotatable bonds is 6. The van der Waals surface area contributed by atoms with Crippen molar-refractivity contribution in [2.75, 3.05) is 5.75 Å². The number of aromatic amines is 1. The van der Waals surface area contributed by atoms with Gasteiger partial charge in [0.2, 0.25) is 0 Å². The Balaban J connectivity index is 1.78. The van der Waals surface area contributed by atoms with E-state index in [2.05, 4.69) is 10.2 Å². The van der Waals surface area contributed by atoms with Crippen molar-refractivity contribution in [3.63, 3.8) is 0 Å². The lowest BCUT2D eigenvalue weighted by atomic mass is 10.1. The molecule has 0 aliphatic heterocycles. The van der Waals surface area contributed by atoms with Crippen LogP contribution >= 0.6 is 11.8 Å². The summed E-state index contributed by atoms with van der Waals surface area (Å²) in [6.07, 6.45) is 1.05. The van der Waals surface area contributed by atoms with Gasteiger partial charge in [0.25, 0.3) is 0 Å². The maximum atomic E-state index is 12.7. The molecular weight excluding hydrogens is 281 g/mol. The molecule has 0 unspecified atom stereocenters. The van der Waals surface area contributed by atoms with Crippen LogP contribution in [0.5, 0.6) is 0 Å². The Morgan fingerprint density at radius 3 is 2.70 bits per heavy atom. The number of ketones is 1. The number of Topliss-reactive ketones (excluding diaryl/α,β-unsaturated/α-hetero) is 1. The fraction of sp³-hybridized carbons (Fsp3) is 0.308. The normalized spacial score (nSPS) is 10.7. The van der Waals surface area contributed by atoms with Gasteiger partial charge in [0, 0.05) is 24.8 Å². The van der Waals surface area contributed by atoms with Crippen LogP contribution in [0.15, 0.2) is 34.2 Å². The van der Waals surface area contributed by atoms with Crippen LogP contribution in [0.3, 0.4) is 0 Å². The third-order valence-electron chi connectivity index (χ3n) is 2.78. The first kappa shape index (κ1) is 14.5. The van der Waals surface area contributed by atoms with Gasteiger partial charge < -0.3 is 0 Å². The third-order valence-corrected chi connectivity index (χ3v) is 3.90. The highest BCUT2D eigenvalue weighted by molar-refractivity contribution is 7.99. The zero-order valence-corrected chi connectivity index (χ0v) is 11.7. The Bertz CT molecular complexity index is 648. The van der Waals surface area contributed by atoms with Crippen molar-refractivity contribution in [3.05, 3.63) is 46.1 Å². The van der Waals surface area contributed by atoms with Gasteiger partial charge in [-0.05, 0) is 30.7 Å². The summed E-state index contributed by atoms with van der Waals surface area (Å²) in [5.74, 6) is 0.323. The number of carbonyl (C=O) groups is 1. The number of nitrogens with zero attached hydrogens (tertiary/aromatic N) is 2. The maximum Gasteiger partial charge on any atom is 0.343 e. The van der Waals surface area contributed by atoms with Crippen LogP contribution in [0.2, 0.25) is 0 Å². The molecule has 7 heteroatoms. The number of hydrogen-bond acceptors (Lipinski definition) is 4. The largest absolute Gasteiger partial charge is 0.343 e. The quantitative estimate of drug-likeness (QED) is 0.503. The van der Waals surface area contributed by atoms with E-state index in [-0.39, 0.29) is 17.3 Å². The molecule has 0 aliphatic carbocycles. The highest BCUT2D eigenvalue weighted by Crippen LogP contribution is 2.15. The van der Waals surface area contributed by atoms with Crippen molar-refractivity contribution < 1.29 is 9.18 Å². The molecule has 106 valence electrons. The summed E-state index contributed by atoms with van der Waals surface area (Å²) in [5.41, 5.74) is 0.262. The molecule has 0 saturated carbocycles. The predicted molar refractivity (Wildman–Crippen MR) is 74.5 cm³/mol. The number of hydrogen-bond donors (Lipinski definition) is 1. The second kappa shape index (κ2) is 6.51. The van der Waals surface area contributed by atoms with E-state index in [1.54, 1.807) is 7.05 Å². The summed E-state index contributed by atoms with van der Waals surface area (Å²) in [6.45, 7) is 0. The Morgan fingerprint density at radius 2 is 2.10 bits per heavy atom. The SMILES string of the molecule is Cn1c(SCCCC(=O)c2ccc(F)cc2)n[nH]c1=O. The first-order valence-electron chi connectivity index (χ1n) is 6.11. The minimum absolute atomic E-state index is 0.0125. The van der Waals surface area contributed by atoms with E-state index in [0.29, 0.717) is 29.3 Å². The highest BCUT2D eigenvalue weighted by Gasteiger charge is 2.08. The van der Waals surface area contributed by atoms with E-state index in [9.17, 15) is 14.0 Å². The van der Waals surface area contributed by atoms with Crippen molar-refractivity contribution >= 4 is 17.5 Å². The molecule has 1 N–H and O–H groups in total. The van der Waals surface area contributed by atoms with E-state index in [1.807, 2.05) is 0 Å². The van der Waals surface area contributed by atoms with Crippen LogP contribution in [0.4, 0.5) is 4.39 Å². The van der Waals surface area contributed by atoms with Gasteiger partial charge in [0.15, 0.2) is 10.9 Å². The van der Waals surface area contributed by atoms with Gasteiger partial charge in [-0.15, -0.1) is 5.10 Å². The van der Waals surface area contributed by atoms with Gasteiger partial charge in [0.05, 0.1) is 0 Å². The second-order valence-electron chi connectivity index (χ2n) is 4.25. The summed E-state index contributed by atoms with van der Waals surface area (Å²) in [5, 5.41) is 6.81. The van der Waals surface area contributed by atoms with Gasteiger partial charge in [-0.3, -0.25) is 9.36 Å². The molecule has 1 aromatic carbocycles. The molecule has 0 fully saturated rings. The molecule has 2 rings (SSSR count). The molecule has 5 nitrogen and oxygen atoms in total. The molecule has 0 atom stereocenters. The van der Waals surface area contributed by atoms with Crippen molar-refractivity contribution in [3.8, 4) is 0 Å². The summed E-state index contributed by atoms with van der Waals surface area (Å²) >= 11 is 1.42. The zero-order chi connectivity index (χ0) is 14.5. The molecular formula is C13H14FN3O2S. The first-order valence-corrected chi connectivity index (χ1v) is 7.09. The van der Waals surface area contributed by atoms with Crippen molar-refractivity contribution in [2.24, 2.45) is 7.05 Å². The van der Waals surface area contributed by atoms with Crippen molar-refractivity contribution in [2.45, 2.75) is 18.0 Å². The molecule has 0 saturated heterocycles. The fourth-order valence-corrected chi connectivity index (χ4v) is 2.50. The molecule has 1 aromatic heterocycles. The van der Waals surface area contributed by atoms with Crippen molar-refractivity contribution in [1.82, 2.24) is 14.8 Å². The Morgan fingerprint density at radius 1 is 1.40 bits per heavy atom. The molecule has 0 aliphatic rings. The van der Waals surface area contributed by atoms with E-state index < -0.39 is 0 Å². The number of carbonyl (C=O) groups excluding carboxylic acids is 1. The van der Waals surface area contributed by atoms with Crippen LogP contribution in [-0.2, 0) is 7.05 Å². The van der Waals surface area contributed by atoms with E-state index >= 15 is 0 Å². The summed E-state index contributed by atoms with van der Waals surface area (Å²) in [6, 6.07) is 5.54. The van der Waals surface area contributed by atoms with Gasteiger partial charge in [-0.25, -0.2) is 14.3 Å². The minimum Gasteiger partial charge on any atom is -0.294 e. The molecule has 0 amide bonds. The monoisotopic (exact) mass is 295 g/mol. The molecule has 0 spiro atoms. The highest BCUT2D eigenvalue weighted by atomic mass is 32.2. The molecule has 0 bridgehead atoms. The van der Waals surface area contributed by atoms with Gasteiger partial charge in [-0.1, -0.05) is 11.8 Å². The summed E-state index contributed by atoms with van der Waals surface area (Å²) in [7, 11) is 1.64. The fourth-order valence-electron chi connectivity index (χ4n) is 1.64. The number of nitrogens with one attached hydrogen (secondary N) is 1. The Labute approximate surface area is 119 Å². The van der Waals surface area contributed by atoms with Crippen LogP contribution in [0.1, 0.15) is 23.2 Å². The summed E-state index contributed by atoms with van der Waals surface area (Å²) in [4.78, 5) is 23.0. The average molecular weight is 295 g/mol. The van der Waals surface area contributed by atoms with Crippen LogP contribution in [0, 0.1) is 5.82 Å². The number of halogens is 1. The first-order chi connectivity index (χ1) is 9.58. The predicted octanol–water partition coefficient (Wildman–Crippen LogP) is 2.00. The van der Waals surface area contributed by atoms with Crippen LogP contribution in [-0.4, -0.2) is 26.3 Å². The van der Waals surface area contributed by atoms with Crippen LogP contribution < -0.4 is 5.69 Å². The number of thioether (sulfide) groups is 1. The van der Waals surface area contributed by atoms with E-state index in [0.717, 1.165) is 0 Å². The smallest absolute Gasteiger partial charge is 0.294 e. The molecule has 2 aromatic rings. The zero-order valence-electron chi connectivity index (χ0n) is 10.9. The van der Waals surface area contributed by atoms with Crippen LogP contribution in [0.25, 0.3) is 0 Å². The minimum atomic E-state index is -0.350. The van der Waals surface area contributed by atoms with Gasteiger partial charge in [-0.2, -0.15) is 0 Å². The van der Waals surface area contributed by atoms with Gasteiger partial charge >= 0.3 is 5.69 Å². The number of H-pyrrole nitrogens is 1.